The van der Waals surface area contributed by atoms with Gasteiger partial charge in [0.1, 0.15) is 5.75 Å². The largest absolute Gasteiger partial charge is 0.487 e. The Hall–Kier alpha value is -2.25. The van der Waals surface area contributed by atoms with E-state index in [0.29, 0.717) is 25.7 Å². The van der Waals surface area contributed by atoms with Crippen LogP contribution in [-0.4, -0.2) is 47.0 Å². The minimum Gasteiger partial charge on any atom is -0.487 e. The zero-order valence-corrected chi connectivity index (χ0v) is 18.6. The molecule has 1 fully saturated rings. The molecule has 0 saturated heterocycles. The van der Waals surface area contributed by atoms with Crippen molar-refractivity contribution in [2.45, 2.75) is 70.2 Å². The molecular weight excluding hydrogens is 418 g/mol. The van der Waals surface area contributed by atoms with E-state index < -0.39 is 30.7 Å². The molecular formula is C25H34F2O5. The molecule has 1 aliphatic carbocycles. The maximum absolute atomic E-state index is 14.3. The van der Waals surface area contributed by atoms with Crippen LogP contribution < -0.4 is 4.74 Å². The summed E-state index contributed by atoms with van der Waals surface area (Å²) in [6.45, 7) is 2.73. The lowest BCUT2D eigenvalue weighted by molar-refractivity contribution is -0.147. The molecule has 1 saturated carbocycles. The summed E-state index contributed by atoms with van der Waals surface area (Å²) in [5, 5.41) is 20.5. The van der Waals surface area contributed by atoms with Gasteiger partial charge in [-0.15, -0.1) is 0 Å². The summed E-state index contributed by atoms with van der Waals surface area (Å²) in [5.41, 5.74) is 0. The summed E-state index contributed by atoms with van der Waals surface area (Å²) in [6, 6.07) is 6.07. The first-order chi connectivity index (χ1) is 15.6. The van der Waals surface area contributed by atoms with Crippen molar-refractivity contribution in [3.8, 4) is 5.75 Å². The SMILES string of the molecule is [2H]c1ccc(OCC(F)(F)/C=C/[C@@H]2[C@@H](C/C=C\CCCC(=O)OC(C)C)[C@@H](O)C[C@H]2O)cc1. The molecule has 1 aliphatic rings. The summed E-state index contributed by atoms with van der Waals surface area (Å²) >= 11 is 0. The van der Waals surface area contributed by atoms with Gasteiger partial charge in [-0.1, -0.05) is 36.4 Å². The van der Waals surface area contributed by atoms with Gasteiger partial charge in [0.05, 0.1) is 19.7 Å². The van der Waals surface area contributed by atoms with Gasteiger partial charge in [-0.25, -0.2) is 0 Å². The standard InChI is InChI=1S/C25H34F2O5/c1-18(2)32-24(30)13-9-4-3-8-12-20-21(23(29)16-22(20)28)14-15-25(26,27)17-31-19-10-6-5-7-11-19/h3,5-8,10-11,14-15,18,20-23,28-29H,4,9,12-13,16-17H2,1-2H3/b8-3-,15-14+/t20-,21-,22+,23-/m1/s1/i5D. The van der Waals surface area contributed by atoms with Crippen LogP contribution in [0.1, 0.15) is 47.3 Å². The molecule has 0 unspecified atom stereocenters. The van der Waals surface area contributed by atoms with E-state index in [9.17, 15) is 23.8 Å². The molecule has 1 aromatic carbocycles. The number of rotatable bonds is 12. The van der Waals surface area contributed by atoms with Crippen LogP contribution in [0.2, 0.25) is 0 Å². The molecule has 0 aromatic heterocycles. The second-order valence-electron chi connectivity index (χ2n) is 8.39. The van der Waals surface area contributed by atoms with Gasteiger partial charge in [-0.2, -0.15) is 8.78 Å². The van der Waals surface area contributed by atoms with E-state index in [1.54, 1.807) is 13.8 Å². The zero-order chi connectivity index (χ0) is 24.4. The molecule has 2 rings (SSSR count). The minimum absolute atomic E-state index is 0.135. The fraction of sp³-hybridized carbons (Fsp3) is 0.560. The van der Waals surface area contributed by atoms with Gasteiger partial charge >= 0.3 is 5.97 Å². The third kappa shape index (κ3) is 9.09. The highest BCUT2D eigenvalue weighted by Gasteiger charge is 2.40. The predicted molar refractivity (Wildman–Crippen MR) is 118 cm³/mol. The van der Waals surface area contributed by atoms with E-state index in [2.05, 4.69) is 0 Å². The maximum atomic E-state index is 14.3. The van der Waals surface area contributed by atoms with Crippen LogP contribution in [0.15, 0.2) is 54.6 Å². The van der Waals surface area contributed by atoms with Crippen molar-refractivity contribution in [2.24, 2.45) is 11.8 Å². The summed E-state index contributed by atoms with van der Waals surface area (Å²) in [6.07, 6.45) is 6.13. The first-order valence-electron chi connectivity index (χ1n) is 11.5. The normalized spacial score (nSPS) is 24.4. The van der Waals surface area contributed by atoms with Crippen LogP contribution >= 0.6 is 0 Å². The molecule has 0 aliphatic heterocycles. The average Bonchev–Trinajstić information content (AvgIpc) is 3.00. The Kier molecular flexibility index (Phi) is 9.68. The molecule has 5 nitrogen and oxygen atoms in total. The van der Waals surface area contributed by atoms with Crippen molar-refractivity contribution in [1.82, 2.24) is 0 Å². The molecule has 0 amide bonds. The fourth-order valence-corrected chi connectivity index (χ4v) is 3.71. The highest BCUT2D eigenvalue weighted by Crippen LogP contribution is 2.37. The highest BCUT2D eigenvalue weighted by molar-refractivity contribution is 5.69. The number of aliphatic hydroxyl groups is 2. The number of alkyl halides is 2. The molecule has 178 valence electrons. The Morgan fingerprint density at radius 3 is 2.69 bits per heavy atom. The first-order valence-corrected chi connectivity index (χ1v) is 11.0. The number of hydrogen-bond donors (Lipinski definition) is 2. The van der Waals surface area contributed by atoms with Gasteiger partial charge in [-0.05, 0) is 57.2 Å². The van der Waals surface area contributed by atoms with E-state index in [-0.39, 0.29) is 36.2 Å². The molecule has 0 heterocycles. The van der Waals surface area contributed by atoms with Gasteiger partial charge in [0.25, 0.3) is 5.92 Å². The zero-order valence-electron chi connectivity index (χ0n) is 19.6. The number of benzene rings is 1. The number of allylic oxidation sites excluding steroid dienone is 2. The van der Waals surface area contributed by atoms with E-state index >= 15 is 0 Å². The van der Waals surface area contributed by atoms with Crippen molar-refractivity contribution < 1.29 is 34.6 Å². The molecule has 2 N–H and O–H groups in total. The Morgan fingerprint density at radius 1 is 1.28 bits per heavy atom. The summed E-state index contributed by atoms with van der Waals surface area (Å²) < 4.78 is 46.2. The van der Waals surface area contributed by atoms with Crippen molar-refractivity contribution in [1.29, 1.82) is 0 Å². The lowest BCUT2D eigenvalue weighted by atomic mass is 9.89. The number of aliphatic hydroxyl groups excluding tert-OH is 2. The average molecular weight is 454 g/mol. The molecule has 0 bridgehead atoms. The van der Waals surface area contributed by atoms with E-state index in [4.69, 9.17) is 10.8 Å². The van der Waals surface area contributed by atoms with Crippen LogP contribution in [0.5, 0.6) is 5.75 Å². The predicted octanol–water partition coefficient (Wildman–Crippen LogP) is 4.68. The van der Waals surface area contributed by atoms with E-state index in [1.165, 1.54) is 30.3 Å². The van der Waals surface area contributed by atoms with Gasteiger partial charge in [0.15, 0.2) is 6.61 Å². The maximum Gasteiger partial charge on any atom is 0.306 e. The number of para-hydroxylation sites is 1. The van der Waals surface area contributed by atoms with Gasteiger partial charge in [-0.3, -0.25) is 4.79 Å². The second-order valence-corrected chi connectivity index (χ2v) is 8.39. The Balaban J connectivity index is 1.84. The molecule has 32 heavy (non-hydrogen) atoms. The summed E-state index contributed by atoms with van der Waals surface area (Å²) in [5.74, 6) is -4.22. The van der Waals surface area contributed by atoms with Crippen molar-refractivity contribution >= 4 is 5.97 Å². The Morgan fingerprint density at radius 2 is 2.00 bits per heavy atom. The van der Waals surface area contributed by atoms with Crippen molar-refractivity contribution in [3.05, 3.63) is 54.6 Å². The summed E-state index contributed by atoms with van der Waals surface area (Å²) in [4.78, 5) is 11.5. The van der Waals surface area contributed by atoms with Crippen molar-refractivity contribution in [2.75, 3.05) is 6.61 Å². The Bertz CT molecular complexity index is 794. The fourth-order valence-electron chi connectivity index (χ4n) is 3.71. The van der Waals surface area contributed by atoms with Crippen LogP contribution in [0.3, 0.4) is 0 Å². The monoisotopic (exact) mass is 453 g/mol. The van der Waals surface area contributed by atoms with Crippen LogP contribution in [-0.2, 0) is 9.53 Å². The Labute approximate surface area is 190 Å². The van der Waals surface area contributed by atoms with Gasteiger partial charge in [0.2, 0.25) is 0 Å². The second kappa shape index (κ2) is 12.7. The number of carbonyl (C=O) groups is 1. The molecule has 4 atom stereocenters. The minimum atomic E-state index is -3.25. The number of hydrogen-bond acceptors (Lipinski definition) is 5. The van der Waals surface area contributed by atoms with Gasteiger partial charge in [0, 0.05) is 18.8 Å². The molecule has 0 radical (unpaired) electrons. The molecule has 7 heteroatoms. The third-order valence-electron chi connectivity index (χ3n) is 5.29. The highest BCUT2D eigenvalue weighted by atomic mass is 19.3. The molecule has 0 spiro atoms. The van der Waals surface area contributed by atoms with E-state index in [0.717, 1.165) is 6.08 Å². The number of unbranched alkanes of at least 4 members (excludes halogenated alkanes) is 1. The van der Waals surface area contributed by atoms with Crippen molar-refractivity contribution in [3.63, 3.8) is 0 Å². The van der Waals surface area contributed by atoms with E-state index in [1.807, 2.05) is 12.2 Å². The van der Waals surface area contributed by atoms with Crippen LogP contribution in [0.25, 0.3) is 0 Å². The lowest BCUT2D eigenvalue weighted by Crippen LogP contribution is -2.25. The van der Waals surface area contributed by atoms with Gasteiger partial charge < -0.3 is 19.7 Å². The van der Waals surface area contributed by atoms with Crippen LogP contribution in [0.4, 0.5) is 8.78 Å². The quantitative estimate of drug-likeness (QED) is 0.273. The topological polar surface area (TPSA) is 76.0 Å². The molecule has 1 aromatic rings. The lowest BCUT2D eigenvalue weighted by Gasteiger charge is -2.20. The summed E-state index contributed by atoms with van der Waals surface area (Å²) in [7, 11) is 0. The smallest absolute Gasteiger partial charge is 0.306 e. The third-order valence-corrected chi connectivity index (χ3v) is 5.29. The number of ether oxygens (including phenoxy) is 2. The number of esters is 1. The number of carbonyl (C=O) groups excluding carboxylic acids is 1. The first kappa shape index (κ1) is 24.4. The van der Waals surface area contributed by atoms with Crippen LogP contribution in [0, 0.1) is 11.8 Å². The number of halogens is 2.